The first-order valence-electron chi connectivity index (χ1n) is 9.26. The van der Waals surface area contributed by atoms with E-state index in [0.29, 0.717) is 12.0 Å². The summed E-state index contributed by atoms with van der Waals surface area (Å²) in [5, 5.41) is 8.99. The summed E-state index contributed by atoms with van der Waals surface area (Å²) in [6.45, 7) is 7.44. The van der Waals surface area contributed by atoms with E-state index in [-0.39, 0.29) is 12.3 Å². The minimum atomic E-state index is -0.770. The zero-order chi connectivity index (χ0) is 17.7. The van der Waals surface area contributed by atoms with Gasteiger partial charge in [0.25, 0.3) is 0 Å². The molecular formula is C20H32N2O2. The fraction of sp³-hybridized carbons (Fsp3) is 0.650. The molecule has 1 saturated carbocycles. The minimum Gasteiger partial charge on any atom is -0.481 e. The fourth-order valence-corrected chi connectivity index (χ4v) is 3.75. The zero-order valence-corrected chi connectivity index (χ0v) is 15.3. The molecule has 1 atom stereocenters. The molecule has 1 aromatic rings. The summed E-state index contributed by atoms with van der Waals surface area (Å²) in [4.78, 5) is 13.4. The van der Waals surface area contributed by atoms with E-state index in [4.69, 9.17) is 10.8 Å². The molecule has 1 fully saturated rings. The molecule has 4 nitrogen and oxygen atoms in total. The van der Waals surface area contributed by atoms with Gasteiger partial charge in [-0.15, -0.1) is 0 Å². The van der Waals surface area contributed by atoms with E-state index < -0.39 is 5.97 Å². The Kier molecular flexibility index (Phi) is 6.52. The number of hydrogen-bond acceptors (Lipinski definition) is 3. The maximum Gasteiger partial charge on any atom is 0.303 e. The number of nitrogens with zero attached hydrogens (tertiary/aromatic N) is 1. The molecule has 0 heterocycles. The fourth-order valence-electron chi connectivity index (χ4n) is 3.75. The molecule has 0 bridgehead atoms. The zero-order valence-electron chi connectivity index (χ0n) is 15.3. The van der Waals surface area contributed by atoms with Gasteiger partial charge in [-0.25, -0.2) is 0 Å². The van der Waals surface area contributed by atoms with Crippen molar-refractivity contribution in [3.05, 3.63) is 23.8 Å². The van der Waals surface area contributed by atoms with Crippen LogP contribution in [0.25, 0.3) is 0 Å². The van der Waals surface area contributed by atoms with Crippen LogP contribution in [0.1, 0.15) is 70.8 Å². The molecule has 1 aliphatic carbocycles. The lowest BCUT2D eigenvalue weighted by atomic mass is 9.92. The Hall–Kier alpha value is -1.71. The highest BCUT2D eigenvalue weighted by Gasteiger charge is 2.24. The van der Waals surface area contributed by atoms with Crippen LogP contribution in [0.15, 0.2) is 18.2 Å². The van der Waals surface area contributed by atoms with Crippen molar-refractivity contribution in [2.45, 2.75) is 71.3 Å². The predicted molar refractivity (Wildman–Crippen MR) is 101 cm³/mol. The summed E-state index contributed by atoms with van der Waals surface area (Å²) in [6.07, 6.45) is 6.55. The van der Waals surface area contributed by atoms with Crippen LogP contribution < -0.4 is 10.6 Å². The van der Waals surface area contributed by atoms with Crippen molar-refractivity contribution in [1.82, 2.24) is 0 Å². The van der Waals surface area contributed by atoms with Gasteiger partial charge in [-0.1, -0.05) is 46.1 Å². The largest absolute Gasteiger partial charge is 0.481 e. The Bertz CT molecular complexity index is 551. The van der Waals surface area contributed by atoms with Gasteiger partial charge in [-0.3, -0.25) is 4.79 Å². The number of benzene rings is 1. The number of nitrogen functional groups attached to an aromatic ring is 1. The molecule has 1 aliphatic rings. The molecule has 0 saturated heterocycles. The summed E-state index contributed by atoms with van der Waals surface area (Å²) in [5.41, 5.74) is 9.28. The van der Waals surface area contributed by atoms with Gasteiger partial charge in [0.05, 0.1) is 17.8 Å². The van der Waals surface area contributed by atoms with E-state index in [1.807, 2.05) is 13.0 Å². The second-order valence-corrected chi connectivity index (χ2v) is 7.66. The SMILES string of the molecule is CC(C)CN(c1ccc([C@@H](C)CC(=O)O)cc1N)C1CCCCC1. The number of anilines is 2. The van der Waals surface area contributed by atoms with Gasteiger partial charge in [0.2, 0.25) is 0 Å². The summed E-state index contributed by atoms with van der Waals surface area (Å²) in [5.74, 6) is -0.210. The molecule has 0 aromatic heterocycles. The van der Waals surface area contributed by atoms with Gasteiger partial charge in [0, 0.05) is 12.6 Å². The Balaban J connectivity index is 2.24. The Morgan fingerprint density at radius 2 is 1.92 bits per heavy atom. The van der Waals surface area contributed by atoms with Crippen molar-refractivity contribution in [2.75, 3.05) is 17.2 Å². The van der Waals surface area contributed by atoms with E-state index >= 15 is 0 Å². The van der Waals surface area contributed by atoms with E-state index in [9.17, 15) is 4.79 Å². The van der Waals surface area contributed by atoms with Crippen molar-refractivity contribution in [3.63, 3.8) is 0 Å². The topological polar surface area (TPSA) is 66.6 Å². The Morgan fingerprint density at radius 1 is 1.25 bits per heavy atom. The highest BCUT2D eigenvalue weighted by Crippen LogP contribution is 2.34. The smallest absolute Gasteiger partial charge is 0.303 e. The number of nitrogens with two attached hydrogens (primary N) is 1. The Morgan fingerprint density at radius 3 is 2.46 bits per heavy atom. The van der Waals surface area contributed by atoms with Gasteiger partial charge >= 0.3 is 5.97 Å². The van der Waals surface area contributed by atoms with Crippen LogP contribution in [0.2, 0.25) is 0 Å². The van der Waals surface area contributed by atoms with Crippen molar-refractivity contribution >= 4 is 17.3 Å². The summed E-state index contributed by atoms with van der Waals surface area (Å²) < 4.78 is 0. The molecule has 0 amide bonds. The van der Waals surface area contributed by atoms with Crippen molar-refractivity contribution in [3.8, 4) is 0 Å². The molecule has 0 aliphatic heterocycles. The lowest BCUT2D eigenvalue weighted by Gasteiger charge is -2.38. The van der Waals surface area contributed by atoms with Crippen molar-refractivity contribution in [1.29, 1.82) is 0 Å². The van der Waals surface area contributed by atoms with Crippen molar-refractivity contribution < 1.29 is 9.90 Å². The van der Waals surface area contributed by atoms with Gasteiger partial charge in [0.1, 0.15) is 0 Å². The third-order valence-electron chi connectivity index (χ3n) is 4.99. The average Bonchev–Trinajstić information content (AvgIpc) is 2.53. The minimum absolute atomic E-state index is 0.0212. The number of carbonyl (C=O) groups is 1. The highest BCUT2D eigenvalue weighted by molar-refractivity contribution is 5.71. The first-order valence-corrected chi connectivity index (χ1v) is 9.26. The normalized spacial score (nSPS) is 17.0. The van der Waals surface area contributed by atoms with E-state index in [1.54, 1.807) is 0 Å². The predicted octanol–water partition coefficient (Wildman–Crippen LogP) is 4.64. The lowest BCUT2D eigenvalue weighted by molar-refractivity contribution is -0.137. The summed E-state index contributed by atoms with van der Waals surface area (Å²) in [7, 11) is 0. The van der Waals surface area contributed by atoms with Crippen LogP contribution in [-0.2, 0) is 4.79 Å². The molecule has 134 valence electrons. The van der Waals surface area contributed by atoms with Gasteiger partial charge in [-0.05, 0) is 42.4 Å². The number of aliphatic carboxylic acids is 1. The molecule has 0 unspecified atom stereocenters. The number of rotatable bonds is 7. The van der Waals surface area contributed by atoms with E-state index in [0.717, 1.165) is 23.5 Å². The monoisotopic (exact) mass is 332 g/mol. The van der Waals surface area contributed by atoms with E-state index in [2.05, 4.69) is 30.9 Å². The van der Waals surface area contributed by atoms with Crippen LogP contribution in [0.5, 0.6) is 0 Å². The summed E-state index contributed by atoms with van der Waals surface area (Å²) >= 11 is 0. The third kappa shape index (κ3) is 4.89. The Labute approximate surface area is 146 Å². The molecule has 1 aromatic carbocycles. The molecule has 3 N–H and O–H groups in total. The maximum atomic E-state index is 10.9. The van der Waals surface area contributed by atoms with Crippen LogP contribution in [0.4, 0.5) is 11.4 Å². The number of carboxylic acid groups (broad SMARTS) is 1. The highest BCUT2D eigenvalue weighted by atomic mass is 16.4. The molecule has 2 rings (SSSR count). The lowest BCUT2D eigenvalue weighted by Crippen LogP contribution is -2.39. The first-order chi connectivity index (χ1) is 11.4. The van der Waals surface area contributed by atoms with Gasteiger partial charge < -0.3 is 15.7 Å². The molecule has 0 radical (unpaired) electrons. The number of carboxylic acids is 1. The van der Waals surface area contributed by atoms with Crippen molar-refractivity contribution in [2.24, 2.45) is 5.92 Å². The average molecular weight is 332 g/mol. The molecule has 4 heteroatoms. The van der Waals surface area contributed by atoms with E-state index in [1.165, 1.54) is 32.1 Å². The first kappa shape index (κ1) is 18.6. The number of hydrogen-bond donors (Lipinski definition) is 2. The van der Waals surface area contributed by atoms with Gasteiger partial charge in [0.15, 0.2) is 0 Å². The van der Waals surface area contributed by atoms with Crippen LogP contribution in [0.3, 0.4) is 0 Å². The molecule has 0 spiro atoms. The second kappa shape index (κ2) is 8.41. The van der Waals surface area contributed by atoms with Crippen LogP contribution in [0, 0.1) is 5.92 Å². The standard InChI is InChI=1S/C20H32N2O2/c1-14(2)13-22(17-7-5-4-6-8-17)19-10-9-16(12-18(19)21)15(3)11-20(23)24/h9-10,12,14-15,17H,4-8,11,13,21H2,1-3H3,(H,23,24)/t15-/m0/s1. The second-order valence-electron chi connectivity index (χ2n) is 7.66. The quantitative estimate of drug-likeness (QED) is 0.714. The van der Waals surface area contributed by atoms with Gasteiger partial charge in [-0.2, -0.15) is 0 Å². The molecular weight excluding hydrogens is 300 g/mol. The van der Waals surface area contributed by atoms with Crippen LogP contribution in [-0.4, -0.2) is 23.7 Å². The molecule has 24 heavy (non-hydrogen) atoms. The third-order valence-corrected chi connectivity index (χ3v) is 4.99. The van der Waals surface area contributed by atoms with Crippen LogP contribution >= 0.6 is 0 Å². The summed E-state index contributed by atoms with van der Waals surface area (Å²) in [6, 6.07) is 6.69. The maximum absolute atomic E-state index is 10.9.